The molecule has 14 heteroatoms. The molecule has 0 saturated carbocycles. The van der Waals surface area contributed by atoms with Crippen LogP contribution in [0.5, 0.6) is 0 Å². The van der Waals surface area contributed by atoms with Crippen molar-refractivity contribution in [2.75, 3.05) is 0 Å². The average Bonchev–Trinajstić information content (AvgIpc) is 2.27. The maximum absolute atomic E-state index is 10.4. The summed E-state index contributed by atoms with van der Waals surface area (Å²) in [6.07, 6.45) is 0. The molecule has 0 aliphatic carbocycles. The van der Waals surface area contributed by atoms with E-state index in [-0.39, 0.29) is 34.3 Å². The van der Waals surface area contributed by atoms with Gasteiger partial charge in [-0.1, -0.05) is 12.1 Å². The minimum absolute atomic E-state index is 0. The van der Waals surface area contributed by atoms with Crippen LogP contribution < -0.4 is 0 Å². The van der Waals surface area contributed by atoms with Crippen molar-refractivity contribution in [1.29, 1.82) is 0 Å². The predicted octanol–water partition coefficient (Wildman–Crippen LogP) is 0.434. The van der Waals surface area contributed by atoms with Gasteiger partial charge < -0.3 is 35.7 Å². The van der Waals surface area contributed by atoms with E-state index in [9.17, 15) is 14.9 Å². The van der Waals surface area contributed by atoms with Crippen LogP contribution in [0.2, 0.25) is 0 Å². The van der Waals surface area contributed by atoms with Crippen LogP contribution in [0, 0.1) is 40.8 Å². The first-order valence-electron chi connectivity index (χ1n) is 4.19. The summed E-state index contributed by atoms with van der Waals surface area (Å²) in [5.74, 6) is -1.29. The SMILES string of the molecule is O=C(O)c1ccccc1[N+](=O)[O-].O=[N+]([O-])[O-].O=[N+]([O-])[O-].[Mg+2]. The second-order valence-electron chi connectivity index (χ2n) is 2.53. The van der Waals surface area contributed by atoms with Crippen molar-refractivity contribution in [3.05, 3.63) is 70.6 Å². The fourth-order valence-corrected chi connectivity index (χ4v) is 0.814. The van der Waals surface area contributed by atoms with Crippen LogP contribution in [0.25, 0.3) is 0 Å². The van der Waals surface area contributed by atoms with Crippen LogP contribution in [0.4, 0.5) is 5.69 Å². The molecule has 0 bridgehead atoms. The van der Waals surface area contributed by atoms with Gasteiger partial charge in [0.25, 0.3) is 5.69 Å². The number of rotatable bonds is 2. The van der Waals surface area contributed by atoms with Gasteiger partial charge >= 0.3 is 29.0 Å². The predicted molar refractivity (Wildman–Crippen MR) is 66.5 cm³/mol. The van der Waals surface area contributed by atoms with Crippen molar-refractivity contribution in [3.63, 3.8) is 0 Å². The van der Waals surface area contributed by atoms with Crippen LogP contribution in [-0.4, -0.2) is 49.2 Å². The number of carboxylic acid groups (broad SMARTS) is 1. The zero-order valence-electron chi connectivity index (χ0n) is 9.98. The molecule has 0 aliphatic heterocycles. The topological polar surface area (TPSA) is 213 Å². The molecule has 13 nitrogen and oxygen atoms in total. The Bertz CT molecular complexity index is 454. The van der Waals surface area contributed by atoms with E-state index in [4.69, 9.17) is 35.7 Å². The Morgan fingerprint density at radius 1 is 0.905 bits per heavy atom. The van der Waals surface area contributed by atoms with Crippen molar-refractivity contribution in [2.45, 2.75) is 0 Å². The van der Waals surface area contributed by atoms with Gasteiger partial charge in [-0.2, -0.15) is 0 Å². The number of carbonyl (C=O) groups is 1. The first-order chi connectivity index (χ1) is 9.09. The number of hydrogen-bond acceptors (Lipinski definition) is 9. The van der Waals surface area contributed by atoms with Gasteiger partial charge in [-0.15, -0.1) is 0 Å². The first kappa shape index (κ1) is 23.4. The summed E-state index contributed by atoms with van der Waals surface area (Å²) >= 11 is 0. The van der Waals surface area contributed by atoms with Gasteiger partial charge in [-0.05, 0) is 6.07 Å². The Labute approximate surface area is 130 Å². The molecule has 0 aliphatic rings. The summed E-state index contributed by atoms with van der Waals surface area (Å²) < 4.78 is 0. The molecule has 110 valence electrons. The zero-order valence-corrected chi connectivity index (χ0v) is 11.4. The number of carboxylic acids is 1. The Kier molecular flexibility index (Phi) is 13.7. The smallest absolute Gasteiger partial charge is 0.477 e. The molecule has 0 aromatic heterocycles. The van der Waals surface area contributed by atoms with Crippen molar-refractivity contribution in [2.24, 2.45) is 0 Å². The third-order valence-electron chi connectivity index (χ3n) is 1.33. The second-order valence-corrected chi connectivity index (χ2v) is 2.53. The van der Waals surface area contributed by atoms with E-state index >= 15 is 0 Å². The standard InChI is InChI=1S/C7H5NO4.Mg.2NO3/c9-7(10)5-3-1-2-4-6(5)8(11)12;;2*2-1(3)4/h1-4H,(H,9,10);;;/q;+2;2*-1. The molecular formula is C7H5MgN3O10. The van der Waals surface area contributed by atoms with Gasteiger partial charge in [0, 0.05) is 6.07 Å². The fourth-order valence-electron chi connectivity index (χ4n) is 0.814. The van der Waals surface area contributed by atoms with Gasteiger partial charge in [0.2, 0.25) is 0 Å². The Hall–Kier alpha value is -2.74. The van der Waals surface area contributed by atoms with Crippen LogP contribution in [0.3, 0.4) is 0 Å². The summed E-state index contributed by atoms with van der Waals surface area (Å²) in [5, 5.41) is 48.3. The zero-order chi connectivity index (χ0) is 16.3. The molecule has 0 heterocycles. The van der Waals surface area contributed by atoms with Gasteiger partial charge in [0.15, 0.2) is 0 Å². The third kappa shape index (κ3) is 15.2. The summed E-state index contributed by atoms with van der Waals surface area (Å²) in [7, 11) is 0. The molecule has 1 aromatic rings. The van der Waals surface area contributed by atoms with Gasteiger partial charge in [0.05, 0.1) is 15.1 Å². The van der Waals surface area contributed by atoms with Crippen molar-refractivity contribution < 1.29 is 25.0 Å². The van der Waals surface area contributed by atoms with E-state index in [1.807, 2.05) is 0 Å². The Morgan fingerprint density at radius 2 is 1.24 bits per heavy atom. The van der Waals surface area contributed by atoms with E-state index in [1.165, 1.54) is 18.2 Å². The average molecular weight is 315 g/mol. The van der Waals surface area contributed by atoms with Crippen molar-refractivity contribution in [1.82, 2.24) is 0 Å². The minimum Gasteiger partial charge on any atom is -0.477 e. The van der Waals surface area contributed by atoms with Crippen LogP contribution in [-0.2, 0) is 0 Å². The quantitative estimate of drug-likeness (QED) is 0.451. The number of nitrogens with zero attached hydrogens (tertiary/aromatic N) is 3. The van der Waals surface area contributed by atoms with Crippen LogP contribution >= 0.6 is 0 Å². The molecule has 1 N–H and O–H groups in total. The number of nitro groups is 1. The largest absolute Gasteiger partial charge is 2.00 e. The molecule has 0 amide bonds. The Morgan fingerprint density at radius 3 is 1.48 bits per heavy atom. The molecule has 0 atom stereocenters. The van der Waals surface area contributed by atoms with Crippen LogP contribution in [0.15, 0.2) is 24.3 Å². The fraction of sp³-hybridized carbons (Fsp3) is 0. The van der Waals surface area contributed by atoms with E-state index in [0.29, 0.717) is 0 Å². The molecular weight excluding hydrogens is 310 g/mol. The minimum atomic E-state index is -1.75. The molecule has 1 rings (SSSR count). The summed E-state index contributed by atoms with van der Waals surface area (Å²) in [5.41, 5.74) is -0.674. The Balaban J connectivity index is -0.000000304. The summed E-state index contributed by atoms with van der Waals surface area (Å²) in [6, 6.07) is 5.21. The third-order valence-corrected chi connectivity index (χ3v) is 1.33. The van der Waals surface area contributed by atoms with Crippen molar-refractivity contribution >= 4 is 34.7 Å². The summed E-state index contributed by atoms with van der Waals surface area (Å²) in [4.78, 5) is 36.5. The van der Waals surface area contributed by atoms with E-state index < -0.39 is 21.1 Å². The van der Waals surface area contributed by atoms with E-state index in [0.717, 1.165) is 6.07 Å². The molecule has 21 heavy (non-hydrogen) atoms. The first-order valence-corrected chi connectivity index (χ1v) is 4.19. The number of hydrogen-bond donors (Lipinski definition) is 1. The molecule has 0 unspecified atom stereocenters. The molecule has 1 aromatic carbocycles. The van der Waals surface area contributed by atoms with Crippen molar-refractivity contribution in [3.8, 4) is 0 Å². The van der Waals surface area contributed by atoms with E-state index in [1.54, 1.807) is 0 Å². The van der Waals surface area contributed by atoms with Gasteiger partial charge in [0.1, 0.15) is 5.56 Å². The van der Waals surface area contributed by atoms with Crippen LogP contribution in [0.1, 0.15) is 10.4 Å². The summed E-state index contributed by atoms with van der Waals surface area (Å²) in [6.45, 7) is 0. The number of nitro benzene ring substituents is 1. The molecule has 0 radical (unpaired) electrons. The van der Waals surface area contributed by atoms with Gasteiger partial charge in [-0.3, -0.25) is 10.1 Å². The number of para-hydroxylation sites is 1. The normalized spacial score (nSPS) is 7.62. The number of benzene rings is 1. The molecule has 0 fully saturated rings. The monoisotopic (exact) mass is 315 g/mol. The second kappa shape index (κ2) is 12.3. The molecule has 0 saturated heterocycles. The number of aromatic carboxylic acids is 1. The maximum Gasteiger partial charge on any atom is 2.00 e. The maximum atomic E-state index is 10.4. The van der Waals surface area contributed by atoms with E-state index in [2.05, 4.69) is 0 Å². The van der Waals surface area contributed by atoms with Gasteiger partial charge in [-0.25, -0.2) is 4.79 Å². The molecule has 0 spiro atoms.